The lowest BCUT2D eigenvalue weighted by atomic mass is 9.87. The van der Waals surface area contributed by atoms with Gasteiger partial charge in [0.05, 0.1) is 5.92 Å². The van der Waals surface area contributed by atoms with Crippen LogP contribution in [0.4, 0.5) is 13.2 Å². The zero-order valence-corrected chi connectivity index (χ0v) is 22.6. The van der Waals surface area contributed by atoms with E-state index in [1.165, 1.54) is 7.05 Å². The number of unbranched alkanes of at least 4 members (excludes halogenated alkanes) is 1. The van der Waals surface area contributed by atoms with Gasteiger partial charge in [-0.2, -0.15) is 13.2 Å². The van der Waals surface area contributed by atoms with Crippen molar-refractivity contribution >= 4 is 28.5 Å². The average molecular weight is 554 g/mol. The van der Waals surface area contributed by atoms with Crippen LogP contribution in [-0.4, -0.2) is 48.4 Å². The Bertz CT molecular complexity index is 1360. The number of rotatable bonds is 12. The van der Waals surface area contributed by atoms with Crippen molar-refractivity contribution in [1.82, 2.24) is 10.2 Å². The molecule has 0 spiro atoms. The van der Waals surface area contributed by atoms with Crippen LogP contribution in [0.1, 0.15) is 30.9 Å². The van der Waals surface area contributed by atoms with Crippen LogP contribution in [0.5, 0.6) is 0 Å². The van der Waals surface area contributed by atoms with Crippen LogP contribution < -0.4 is 11.1 Å². The number of fused-ring (bicyclic) bond motifs is 1. The summed E-state index contributed by atoms with van der Waals surface area (Å²) in [4.78, 5) is 40.8. The fourth-order valence-corrected chi connectivity index (χ4v) is 4.59. The first-order valence-electron chi connectivity index (χ1n) is 13.1. The molecule has 9 heteroatoms. The first-order valence-corrected chi connectivity index (χ1v) is 13.1. The van der Waals surface area contributed by atoms with Gasteiger partial charge in [-0.05, 0) is 34.7 Å². The van der Waals surface area contributed by atoms with Crippen LogP contribution in [0, 0.1) is 5.92 Å². The molecular weight excluding hydrogens is 519 g/mol. The molecule has 0 heterocycles. The number of nitrogens with two attached hydrogens (primary N) is 1. The number of allylic oxidation sites excluding steroid dienone is 1. The summed E-state index contributed by atoms with van der Waals surface area (Å²) in [6.07, 6.45) is -1.66. The van der Waals surface area contributed by atoms with Gasteiger partial charge < -0.3 is 16.0 Å². The molecule has 3 N–H and O–H groups in total. The van der Waals surface area contributed by atoms with Gasteiger partial charge in [-0.3, -0.25) is 14.4 Å². The topological polar surface area (TPSA) is 92.5 Å². The molecule has 0 aliphatic rings. The number of carbonyl (C=O) groups is 3. The third kappa shape index (κ3) is 8.43. The number of benzene rings is 3. The summed E-state index contributed by atoms with van der Waals surface area (Å²) in [6, 6.07) is 20.9. The minimum atomic E-state index is -4.61. The summed E-state index contributed by atoms with van der Waals surface area (Å²) < 4.78 is 38.7. The molecule has 0 unspecified atom stereocenters. The van der Waals surface area contributed by atoms with Crippen molar-refractivity contribution in [3.8, 4) is 0 Å². The second-order valence-electron chi connectivity index (χ2n) is 9.74. The number of likely N-dealkylation sites (N-methyl/N-ethyl adjacent to an activating group) is 1. The van der Waals surface area contributed by atoms with Gasteiger partial charge >= 0.3 is 6.18 Å². The fourth-order valence-electron chi connectivity index (χ4n) is 4.59. The van der Waals surface area contributed by atoms with E-state index in [0.717, 1.165) is 21.2 Å². The van der Waals surface area contributed by atoms with E-state index in [2.05, 4.69) is 0 Å². The Morgan fingerprint density at radius 2 is 1.57 bits per heavy atom. The summed E-state index contributed by atoms with van der Waals surface area (Å²) in [7, 11) is 1.37. The number of nitrogens with zero attached hydrogens (tertiary/aromatic N) is 1. The van der Waals surface area contributed by atoms with Crippen LogP contribution in [0.3, 0.4) is 0 Å². The maximum absolute atomic E-state index is 14.0. The van der Waals surface area contributed by atoms with E-state index in [9.17, 15) is 27.6 Å². The number of alkyl halides is 3. The molecule has 2 atom stereocenters. The minimum Gasteiger partial charge on any atom is -0.366 e. The Hall–Kier alpha value is -4.14. The van der Waals surface area contributed by atoms with Crippen molar-refractivity contribution in [2.45, 2.75) is 44.8 Å². The van der Waals surface area contributed by atoms with Crippen LogP contribution in [-0.2, 0) is 27.2 Å². The third-order valence-electron chi connectivity index (χ3n) is 6.72. The summed E-state index contributed by atoms with van der Waals surface area (Å²) in [5.41, 5.74) is 7.28. The Morgan fingerprint density at radius 3 is 2.20 bits per heavy atom. The summed E-state index contributed by atoms with van der Waals surface area (Å²) in [5.74, 6) is -3.33. The first kappa shape index (κ1) is 30.4. The van der Waals surface area contributed by atoms with Crippen molar-refractivity contribution in [3.05, 3.63) is 95.6 Å². The molecule has 3 rings (SSSR count). The van der Waals surface area contributed by atoms with Gasteiger partial charge in [0, 0.05) is 19.0 Å². The second-order valence-corrected chi connectivity index (χ2v) is 9.74. The summed E-state index contributed by atoms with van der Waals surface area (Å²) in [6.45, 7) is 0.394. The van der Waals surface area contributed by atoms with Crippen LogP contribution in [0.2, 0.25) is 0 Å². The van der Waals surface area contributed by atoms with Crippen molar-refractivity contribution in [2.24, 2.45) is 11.7 Å². The summed E-state index contributed by atoms with van der Waals surface area (Å²) >= 11 is 0. The molecule has 40 heavy (non-hydrogen) atoms. The molecule has 0 bridgehead atoms. The molecule has 0 aromatic heterocycles. The smallest absolute Gasteiger partial charge is 0.366 e. The average Bonchev–Trinajstić information content (AvgIpc) is 2.93. The predicted octanol–water partition coefficient (Wildman–Crippen LogP) is 4.96. The van der Waals surface area contributed by atoms with Crippen molar-refractivity contribution in [3.63, 3.8) is 0 Å². The molecular formula is C31H34F3N3O3. The highest BCUT2D eigenvalue weighted by Crippen LogP contribution is 2.25. The molecule has 0 aliphatic heterocycles. The maximum Gasteiger partial charge on any atom is 0.405 e. The molecule has 0 radical (unpaired) electrons. The molecule has 3 aromatic carbocycles. The maximum atomic E-state index is 14.0. The molecule has 3 amide bonds. The molecule has 0 fully saturated rings. The van der Waals surface area contributed by atoms with Crippen molar-refractivity contribution in [1.29, 1.82) is 0 Å². The number of primary amides is 1. The van der Waals surface area contributed by atoms with Gasteiger partial charge in [-0.1, -0.05) is 92.2 Å². The number of nitrogens with one attached hydrogen (secondary N) is 1. The van der Waals surface area contributed by atoms with Gasteiger partial charge in [-0.15, -0.1) is 0 Å². The van der Waals surface area contributed by atoms with Crippen LogP contribution in [0.15, 0.2) is 84.4 Å². The highest BCUT2D eigenvalue weighted by molar-refractivity contribution is 6.00. The van der Waals surface area contributed by atoms with Crippen molar-refractivity contribution < 1.29 is 27.6 Å². The Balaban J connectivity index is 2.00. The number of hydrogen-bond acceptors (Lipinski definition) is 3. The van der Waals surface area contributed by atoms with E-state index in [1.54, 1.807) is 36.4 Å². The van der Waals surface area contributed by atoms with Gasteiger partial charge in [0.25, 0.3) is 0 Å². The zero-order chi connectivity index (χ0) is 29.3. The van der Waals surface area contributed by atoms with E-state index in [0.29, 0.717) is 18.4 Å². The first-order chi connectivity index (χ1) is 19.0. The highest BCUT2D eigenvalue weighted by atomic mass is 19.4. The third-order valence-corrected chi connectivity index (χ3v) is 6.72. The molecule has 212 valence electrons. The SMILES string of the molecule is CCCC=C(C(N)=O)[C@@H](Cc1ccc2ccccc2c1)C(=O)N(C)[C@H](Cc1ccccc1)C(=O)NCC(F)(F)F. The Labute approximate surface area is 232 Å². The molecule has 0 saturated heterocycles. The Kier molecular flexibility index (Phi) is 10.5. The minimum absolute atomic E-state index is 0.0138. The van der Waals surface area contributed by atoms with Crippen LogP contribution >= 0.6 is 0 Å². The van der Waals surface area contributed by atoms with Crippen molar-refractivity contribution in [2.75, 3.05) is 13.6 Å². The Morgan fingerprint density at radius 1 is 0.925 bits per heavy atom. The lowest BCUT2D eigenvalue weighted by molar-refractivity contribution is -0.146. The van der Waals surface area contributed by atoms with Crippen LogP contribution in [0.25, 0.3) is 10.8 Å². The molecule has 6 nitrogen and oxygen atoms in total. The van der Waals surface area contributed by atoms with E-state index in [1.807, 2.05) is 54.7 Å². The number of carbonyl (C=O) groups excluding carboxylic acids is 3. The largest absolute Gasteiger partial charge is 0.405 e. The normalized spacial score (nSPS) is 13.5. The fraction of sp³-hybridized carbons (Fsp3) is 0.323. The standard InChI is InChI=1S/C31H34F3N3O3/c1-3-4-14-25(28(35)38)26(18-22-15-16-23-12-8-9-13-24(23)17-22)30(40)37(2)27(19-21-10-6-5-7-11-21)29(39)36-20-31(32,33)34/h5-17,26-27H,3-4,18-20H2,1-2H3,(H2,35,38)(H,36,39)/t26-,27-/m1/s1. The lowest BCUT2D eigenvalue weighted by Gasteiger charge is -2.31. The highest BCUT2D eigenvalue weighted by Gasteiger charge is 2.36. The quantitative estimate of drug-likeness (QED) is 0.311. The van der Waals surface area contributed by atoms with E-state index in [4.69, 9.17) is 5.73 Å². The monoisotopic (exact) mass is 553 g/mol. The second kappa shape index (κ2) is 13.8. The van der Waals surface area contributed by atoms with E-state index in [-0.39, 0.29) is 18.4 Å². The van der Waals surface area contributed by atoms with E-state index >= 15 is 0 Å². The predicted molar refractivity (Wildman–Crippen MR) is 149 cm³/mol. The van der Waals surface area contributed by atoms with Gasteiger partial charge in [0.2, 0.25) is 17.7 Å². The van der Waals surface area contributed by atoms with E-state index < -0.39 is 42.4 Å². The van der Waals surface area contributed by atoms with Gasteiger partial charge in [0.1, 0.15) is 12.6 Å². The number of amides is 3. The van der Waals surface area contributed by atoms with Gasteiger partial charge in [0.15, 0.2) is 0 Å². The number of hydrogen-bond donors (Lipinski definition) is 2. The summed E-state index contributed by atoms with van der Waals surface area (Å²) in [5, 5.41) is 3.87. The molecule has 0 aliphatic carbocycles. The molecule has 0 saturated carbocycles. The zero-order valence-electron chi connectivity index (χ0n) is 22.6. The molecule has 3 aromatic rings. The lowest BCUT2D eigenvalue weighted by Crippen LogP contribution is -2.52. The number of halogens is 3. The van der Waals surface area contributed by atoms with Gasteiger partial charge in [-0.25, -0.2) is 0 Å².